The van der Waals surface area contributed by atoms with Crippen LogP contribution in [0.1, 0.15) is 19.3 Å². The summed E-state index contributed by atoms with van der Waals surface area (Å²) in [5, 5.41) is 7.82. The molecule has 2 N–H and O–H groups in total. The molecule has 0 bridgehead atoms. The van der Waals surface area contributed by atoms with E-state index < -0.39 is 10.0 Å². The van der Waals surface area contributed by atoms with Crippen LogP contribution in [0.5, 0.6) is 0 Å². The van der Waals surface area contributed by atoms with E-state index in [4.69, 9.17) is 0 Å². The Morgan fingerprint density at radius 3 is 2.74 bits per heavy atom. The average molecular weight is 410 g/mol. The third-order valence-corrected chi connectivity index (χ3v) is 7.04. The van der Waals surface area contributed by atoms with E-state index in [2.05, 4.69) is 10.6 Å². The predicted molar refractivity (Wildman–Crippen MR) is 109 cm³/mol. The predicted octanol–water partition coefficient (Wildman–Crippen LogP) is 2.28. The Balaban J connectivity index is 0.00000210. The van der Waals surface area contributed by atoms with Gasteiger partial charge < -0.3 is 10.6 Å². The quantitative estimate of drug-likeness (QED) is 0.794. The highest BCUT2D eigenvalue weighted by atomic mass is 35.5. The summed E-state index contributed by atoms with van der Waals surface area (Å²) in [5.41, 5.74) is 0.588. The van der Waals surface area contributed by atoms with Crippen molar-refractivity contribution in [2.75, 3.05) is 30.5 Å². The van der Waals surface area contributed by atoms with Gasteiger partial charge >= 0.3 is 0 Å². The highest BCUT2D eigenvalue weighted by Gasteiger charge is 2.36. The van der Waals surface area contributed by atoms with Gasteiger partial charge in [0.15, 0.2) is 0 Å². The molecule has 0 saturated carbocycles. The molecule has 1 fully saturated rings. The zero-order chi connectivity index (χ0) is 18.1. The number of carbonyl (C=O) groups excluding carboxylic acids is 1. The van der Waals surface area contributed by atoms with E-state index in [0.717, 1.165) is 24.9 Å². The number of sulfonamides is 1. The fourth-order valence-corrected chi connectivity index (χ4v) is 5.57. The molecule has 6 nitrogen and oxygen atoms in total. The van der Waals surface area contributed by atoms with E-state index in [1.54, 1.807) is 18.2 Å². The van der Waals surface area contributed by atoms with Crippen molar-refractivity contribution in [3.63, 3.8) is 0 Å². The molecule has 1 saturated heterocycles. The van der Waals surface area contributed by atoms with Gasteiger partial charge in [0.2, 0.25) is 5.91 Å². The third-order valence-electron chi connectivity index (χ3n) is 5.24. The zero-order valence-electron chi connectivity index (χ0n) is 15.0. The fraction of sp³-hybridized carbons (Fsp3) is 0.421. The molecule has 2 aliphatic rings. The molecule has 8 heteroatoms. The van der Waals surface area contributed by atoms with Crippen molar-refractivity contribution in [2.45, 2.75) is 24.2 Å². The zero-order valence-corrected chi connectivity index (χ0v) is 16.6. The molecule has 0 spiro atoms. The molecule has 0 aromatic heterocycles. The summed E-state index contributed by atoms with van der Waals surface area (Å²) in [7, 11) is -3.68. The van der Waals surface area contributed by atoms with Crippen LogP contribution >= 0.6 is 12.4 Å². The Bertz CT molecular complexity index is 937. The molecule has 1 atom stereocenters. The minimum absolute atomic E-state index is 0. The maximum Gasteiger partial charge on any atom is 0.265 e. The van der Waals surface area contributed by atoms with Crippen molar-refractivity contribution in [2.24, 2.45) is 5.92 Å². The first kappa shape index (κ1) is 19.9. The molecule has 1 unspecified atom stereocenters. The van der Waals surface area contributed by atoms with E-state index >= 15 is 0 Å². The molecule has 4 rings (SSSR count). The monoisotopic (exact) mass is 409 g/mol. The molecule has 146 valence electrons. The standard InChI is InChI=1S/C19H23N3O3S.ClH/c23-18(21-11-9-14-4-3-10-20-12-14)13-22-16-7-1-5-15-6-2-8-17(19(15)16)26(22,24)25;/h1-2,5-8,14,20H,3-4,9-13H2,(H,21,23);1H. The molecule has 0 radical (unpaired) electrons. The summed E-state index contributed by atoms with van der Waals surface area (Å²) in [6.45, 7) is 2.46. The highest BCUT2D eigenvalue weighted by Crippen LogP contribution is 2.41. The molecular formula is C19H24ClN3O3S. The molecule has 2 aliphatic heterocycles. The van der Waals surface area contributed by atoms with Gasteiger partial charge in [0.05, 0.1) is 10.6 Å². The molecule has 0 aliphatic carbocycles. The number of hydrogen-bond acceptors (Lipinski definition) is 4. The molecule has 1 amide bonds. The average Bonchev–Trinajstić information content (AvgIpc) is 2.86. The number of hydrogen-bond donors (Lipinski definition) is 2. The summed E-state index contributed by atoms with van der Waals surface area (Å²) in [5.74, 6) is 0.319. The third kappa shape index (κ3) is 3.77. The van der Waals surface area contributed by atoms with Crippen LogP contribution in [0.2, 0.25) is 0 Å². The van der Waals surface area contributed by atoms with E-state index in [1.807, 2.05) is 18.2 Å². The van der Waals surface area contributed by atoms with Crippen LogP contribution in [0, 0.1) is 5.92 Å². The number of anilines is 1. The highest BCUT2D eigenvalue weighted by molar-refractivity contribution is 7.93. The number of benzene rings is 2. The summed E-state index contributed by atoms with van der Waals surface area (Å²) in [6, 6.07) is 10.7. The molecular weight excluding hydrogens is 386 g/mol. The number of nitrogens with one attached hydrogen (secondary N) is 2. The van der Waals surface area contributed by atoms with Crippen molar-refractivity contribution >= 4 is 44.8 Å². The van der Waals surface area contributed by atoms with Crippen molar-refractivity contribution < 1.29 is 13.2 Å². The van der Waals surface area contributed by atoms with Gasteiger partial charge in [-0.15, -0.1) is 12.4 Å². The number of nitrogens with zero attached hydrogens (tertiary/aromatic N) is 1. The van der Waals surface area contributed by atoms with E-state index in [9.17, 15) is 13.2 Å². The van der Waals surface area contributed by atoms with Crippen LogP contribution in [0.4, 0.5) is 5.69 Å². The molecule has 2 aromatic rings. The second-order valence-electron chi connectivity index (χ2n) is 6.99. The molecule has 2 heterocycles. The Kier molecular flexibility index (Phi) is 5.93. The van der Waals surface area contributed by atoms with E-state index in [-0.39, 0.29) is 29.8 Å². The second-order valence-corrected chi connectivity index (χ2v) is 8.82. The van der Waals surface area contributed by atoms with Gasteiger partial charge in [-0.3, -0.25) is 9.10 Å². The van der Waals surface area contributed by atoms with E-state index in [0.29, 0.717) is 23.5 Å². The van der Waals surface area contributed by atoms with Crippen LogP contribution in [0.3, 0.4) is 0 Å². The minimum Gasteiger partial charge on any atom is -0.355 e. The first-order valence-corrected chi connectivity index (χ1v) is 10.5. The van der Waals surface area contributed by atoms with Gasteiger partial charge in [-0.25, -0.2) is 8.42 Å². The Morgan fingerprint density at radius 2 is 2.00 bits per heavy atom. The van der Waals surface area contributed by atoms with Crippen LogP contribution in [0.15, 0.2) is 41.3 Å². The lowest BCUT2D eigenvalue weighted by atomic mass is 9.96. The van der Waals surface area contributed by atoms with Crippen LogP contribution in [-0.4, -0.2) is 40.5 Å². The van der Waals surface area contributed by atoms with Gasteiger partial charge in [-0.1, -0.05) is 24.3 Å². The van der Waals surface area contributed by atoms with Crippen molar-refractivity contribution in [1.29, 1.82) is 0 Å². The minimum atomic E-state index is -3.68. The SMILES string of the molecule is Cl.O=C(CN1c2cccc3cccc(c23)S1(=O)=O)NCCC1CCCNC1. The Labute approximate surface area is 165 Å². The number of carbonyl (C=O) groups is 1. The topological polar surface area (TPSA) is 78.5 Å². The van der Waals surface area contributed by atoms with Gasteiger partial charge in [-0.2, -0.15) is 0 Å². The summed E-state index contributed by atoms with van der Waals surface area (Å²) in [4.78, 5) is 12.6. The van der Waals surface area contributed by atoms with Gasteiger partial charge in [0, 0.05) is 11.9 Å². The number of rotatable bonds is 5. The van der Waals surface area contributed by atoms with Gasteiger partial charge in [0.1, 0.15) is 6.54 Å². The van der Waals surface area contributed by atoms with Crippen LogP contribution < -0.4 is 14.9 Å². The van der Waals surface area contributed by atoms with Crippen molar-refractivity contribution in [3.05, 3.63) is 36.4 Å². The lowest BCUT2D eigenvalue weighted by molar-refractivity contribution is -0.119. The second kappa shape index (κ2) is 8.04. The maximum absolute atomic E-state index is 12.9. The largest absolute Gasteiger partial charge is 0.355 e. The summed E-state index contributed by atoms with van der Waals surface area (Å²) < 4.78 is 26.9. The van der Waals surface area contributed by atoms with Crippen molar-refractivity contribution in [1.82, 2.24) is 10.6 Å². The molecule has 27 heavy (non-hydrogen) atoms. The summed E-state index contributed by atoms with van der Waals surface area (Å²) >= 11 is 0. The number of amides is 1. The van der Waals surface area contributed by atoms with E-state index in [1.165, 1.54) is 17.1 Å². The number of piperidine rings is 1. The summed E-state index contributed by atoms with van der Waals surface area (Å²) in [6.07, 6.45) is 3.27. The smallest absolute Gasteiger partial charge is 0.265 e. The first-order chi connectivity index (χ1) is 12.6. The fourth-order valence-electron chi connectivity index (χ4n) is 3.90. The Hall–Kier alpha value is -1.83. The van der Waals surface area contributed by atoms with Gasteiger partial charge in [0.25, 0.3) is 10.0 Å². The van der Waals surface area contributed by atoms with Crippen molar-refractivity contribution in [3.8, 4) is 0 Å². The Morgan fingerprint density at radius 1 is 1.22 bits per heavy atom. The first-order valence-electron chi connectivity index (χ1n) is 9.09. The lowest BCUT2D eigenvalue weighted by Crippen LogP contribution is -2.40. The molecule has 2 aromatic carbocycles. The van der Waals surface area contributed by atoms with Gasteiger partial charge in [-0.05, 0) is 55.8 Å². The van der Waals surface area contributed by atoms with Crippen LogP contribution in [0.25, 0.3) is 10.8 Å². The maximum atomic E-state index is 12.9. The van der Waals surface area contributed by atoms with Crippen LogP contribution in [-0.2, 0) is 14.8 Å². The lowest BCUT2D eigenvalue weighted by Gasteiger charge is -2.23. The number of halogens is 1. The normalized spacial score (nSPS) is 20.3.